The zero-order valence-electron chi connectivity index (χ0n) is 17.0. The zero-order chi connectivity index (χ0) is 20.9. The van der Waals surface area contributed by atoms with Crippen molar-refractivity contribution >= 4 is 24.2 Å². The van der Waals surface area contributed by atoms with Crippen molar-refractivity contribution in [2.75, 3.05) is 18.5 Å². The maximum absolute atomic E-state index is 13.0. The molecule has 3 heterocycles. The summed E-state index contributed by atoms with van der Waals surface area (Å²) in [5, 5.41) is 2.80. The molecule has 1 amide bonds. The highest BCUT2D eigenvalue weighted by Crippen LogP contribution is 2.37. The first-order valence-corrected chi connectivity index (χ1v) is 9.60. The fourth-order valence-electron chi connectivity index (χ4n) is 3.37. The van der Waals surface area contributed by atoms with E-state index in [1.54, 1.807) is 0 Å². The van der Waals surface area contributed by atoms with Gasteiger partial charge in [0.1, 0.15) is 5.41 Å². The van der Waals surface area contributed by atoms with Gasteiger partial charge in [-0.15, -0.1) is 0 Å². The normalized spacial score (nSPS) is 21.5. The maximum Gasteiger partial charge on any atom is 0.494 e. The first-order chi connectivity index (χ1) is 13.6. The highest BCUT2D eigenvalue weighted by molar-refractivity contribution is 6.62. The Hall–Kier alpha value is -2.29. The SMILES string of the molecule is CC1(C)OB(c2ccc(C3(C(=O)Nc4ccc(F)nc4)COC3)cc2)OC1(C)C. The number of carbonyl (C=O) groups is 1. The summed E-state index contributed by atoms with van der Waals surface area (Å²) in [6, 6.07) is 10.3. The lowest BCUT2D eigenvalue weighted by Gasteiger charge is -2.40. The number of nitrogens with one attached hydrogen (secondary N) is 1. The molecular formula is C21H24BFN2O4. The molecule has 8 heteroatoms. The Morgan fingerprint density at radius 1 is 1.03 bits per heavy atom. The van der Waals surface area contributed by atoms with E-state index in [-0.39, 0.29) is 19.1 Å². The van der Waals surface area contributed by atoms with Crippen molar-refractivity contribution in [2.45, 2.75) is 44.3 Å². The number of nitrogens with zero attached hydrogens (tertiary/aromatic N) is 1. The second-order valence-corrected chi connectivity index (χ2v) is 8.61. The van der Waals surface area contributed by atoms with Crippen LogP contribution >= 0.6 is 0 Å². The van der Waals surface area contributed by atoms with Crippen molar-refractivity contribution in [3.8, 4) is 0 Å². The lowest BCUT2D eigenvalue weighted by Crippen LogP contribution is -2.55. The van der Waals surface area contributed by atoms with E-state index >= 15 is 0 Å². The summed E-state index contributed by atoms with van der Waals surface area (Å²) < 4.78 is 30.5. The van der Waals surface area contributed by atoms with Crippen molar-refractivity contribution in [3.05, 3.63) is 54.1 Å². The summed E-state index contributed by atoms with van der Waals surface area (Å²) in [4.78, 5) is 16.5. The lowest BCUT2D eigenvalue weighted by atomic mass is 9.74. The number of hydrogen-bond acceptors (Lipinski definition) is 5. The van der Waals surface area contributed by atoms with Crippen LogP contribution in [0.15, 0.2) is 42.6 Å². The smallest absolute Gasteiger partial charge is 0.399 e. The predicted octanol–water partition coefficient (Wildman–Crippen LogP) is 2.43. The quantitative estimate of drug-likeness (QED) is 0.633. The molecule has 1 N–H and O–H groups in total. The molecule has 2 aromatic rings. The summed E-state index contributed by atoms with van der Waals surface area (Å²) in [6.45, 7) is 8.60. The molecule has 6 nitrogen and oxygen atoms in total. The second kappa shape index (κ2) is 6.90. The monoisotopic (exact) mass is 398 g/mol. The van der Waals surface area contributed by atoms with Gasteiger partial charge >= 0.3 is 7.12 Å². The summed E-state index contributed by atoms with van der Waals surface area (Å²) in [6.07, 6.45) is 1.29. The van der Waals surface area contributed by atoms with Crippen LogP contribution in [0.25, 0.3) is 0 Å². The highest BCUT2D eigenvalue weighted by Gasteiger charge is 2.52. The van der Waals surface area contributed by atoms with E-state index in [4.69, 9.17) is 14.0 Å². The number of pyridine rings is 1. The second-order valence-electron chi connectivity index (χ2n) is 8.61. The number of ether oxygens (including phenoxy) is 1. The standard InChI is InChI=1S/C21H24BFN2O4/c1-19(2)20(3,4)29-22(28-19)15-7-5-14(6-8-15)21(12-27-13-21)18(26)25-16-9-10-17(23)24-11-16/h5-11H,12-13H2,1-4H3,(H,25,26). The maximum atomic E-state index is 13.0. The molecule has 152 valence electrons. The Labute approximate surface area is 169 Å². The molecule has 2 aliphatic rings. The molecule has 2 saturated heterocycles. The summed E-state index contributed by atoms with van der Waals surface area (Å²) in [5.74, 6) is -0.802. The first-order valence-electron chi connectivity index (χ1n) is 9.60. The van der Waals surface area contributed by atoms with Gasteiger partial charge < -0.3 is 19.4 Å². The van der Waals surface area contributed by atoms with Crippen LogP contribution in [0.3, 0.4) is 0 Å². The van der Waals surface area contributed by atoms with Crippen LogP contribution in [0.5, 0.6) is 0 Å². The molecule has 0 atom stereocenters. The first kappa shape index (κ1) is 20.0. The Morgan fingerprint density at radius 2 is 1.66 bits per heavy atom. The van der Waals surface area contributed by atoms with Crippen LogP contribution in [0.1, 0.15) is 33.3 Å². The van der Waals surface area contributed by atoms with E-state index in [0.29, 0.717) is 5.69 Å². The van der Waals surface area contributed by atoms with Crippen molar-refractivity contribution < 1.29 is 23.2 Å². The number of carbonyl (C=O) groups excluding carboxylic acids is 1. The largest absolute Gasteiger partial charge is 0.494 e. The zero-order valence-corrected chi connectivity index (χ0v) is 17.0. The van der Waals surface area contributed by atoms with E-state index in [0.717, 1.165) is 11.0 Å². The molecule has 2 fully saturated rings. The number of anilines is 1. The number of benzene rings is 1. The van der Waals surface area contributed by atoms with Gasteiger partial charge in [0.25, 0.3) is 0 Å². The fourth-order valence-corrected chi connectivity index (χ4v) is 3.37. The third kappa shape index (κ3) is 3.45. The van der Waals surface area contributed by atoms with Gasteiger partial charge in [0, 0.05) is 0 Å². The van der Waals surface area contributed by atoms with Gasteiger partial charge in [0.2, 0.25) is 11.9 Å². The Bertz CT molecular complexity index is 895. The summed E-state index contributed by atoms with van der Waals surface area (Å²) in [7, 11) is -0.457. The van der Waals surface area contributed by atoms with Gasteiger partial charge in [-0.1, -0.05) is 24.3 Å². The molecule has 0 spiro atoms. The van der Waals surface area contributed by atoms with E-state index in [1.807, 2.05) is 52.0 Å². The molecule has 0 aliphatic carbocycles. The van der Waals surface area contributed by atoms with Crippen LogP contribution in [0.4, 0.5) is 10.1 Å². The van der Waals surface area contributed by atoms with E-state index in [1.165, 1.54) is 18.3 Å². The number of halogens is 1. The van der Waals surface area contributed by atoms with E-state index in [2.05, 4.69) is 10.3 Å². The van der Waals surface area contributed by atoms with Gasteiger partial charge in [0.15, 0.2) is 0 Å². The van der Waals surface area contributed by atoms with Gasteiger partial charge in [-0.25, -0.2) is 4.98 Å². The molecule has 0 unspecified atom stereocenters. The van der Waals surface area contributed by atoms with Crippen LogP contribution in [-0.2, 0) is 24.3 Å². The molecule has 29 heavy (non-hydrogen) atoms. The number of aromatic nitrogens is 1. The number of amides is 1. The van der Waals surface area contributed by atoms with Gasteiger partial charge in [0.05, 0.1) is 36.3 Å². The minimum absolute atomic E-state index is 0.208. The minimum atomic E-state index is -0.789. The Kier molecular flexibility index (Phi) is 4.76. The Balaban J connectivity index is 1.52. The van der Waals surface area contributed by atoms with Crippen molar-refractivity contribution in [2.24, 2.45) is 0 Å². The van der Waals surface area contributed by atoms with Crippen LogP contribution in [0.2, 0.25) is 0 Å². The lowest BCUT2D eigenvalue weighted by molar-refractivity contribution is -0.139. The van der Waals surface area contributed by atoms with Crippen molar-refractivity contribution in [1.29, 1.82) is 0 Å². The molecule has 0 saturated carbocycles. The van der Waals surface area contributed by atoms with Gasteiger partial charge in [-0.05, 0) is 50.9 Å². The molecule has 0 bridgehead atoms. The van der Waals surface area contributed by atoms with Crippen molar-refractivity contribution in [1.82, 2.24) is 4.98 Å². The Morgan fingerprint density at radius 3 is 2.14 bits per heavy atom. The highest BCUT2D eigenvalue weighted by atomic mass is 19.1. The molecule has 1 aromatic heterocycles. The van der Waals surface area contributed by atoms with Gasteiger partial charge in [-0.3, -0.25) is 4.79 Å². The number of hydrogen-bond donors (Lipinski definition) is 1. The fraction of sp³-hybridized carbons (Fsp3) is 0.429. The van der Waals surface area contributed by atoms with Crippen molar-refractivity contribution in [3.63, 3.8) is 0 Å². The number of rotatable bonds is 4. The topological polar surface area (TPSA) is 69.7 Å². The molecule has 4 rings (SSSR count). The van der Waals surface area contributed by atoms with Gasteiger partial charge in [-0.2, -0.15) is 4.39 Å². The third-order valence-electron chi connectivity index (χ3n) is 6.11. The predicted molar refractivity (Wildman–Crippen MR) is 107 cm³/mol. The minimum Gasteiger partial charge on any atom is -0.399 e. The summed E-state index contributed by atoms with van der Waals surface area (Å²) in [5.41, 5.74) is 0.562. The third-order valence-corrected chi connectivity index (χ3v) is 6.11. The summed E-state index contributed by atoms with van der Waals surface area (Å²) >= 11 is 0. The molecule has 1 aromatic carbocycles. The molecule has 0 radical (unpaired) electrons. The van der Waals surface area contributed by atoms with E-state index in [9.17, 15) is 9.18 Å². The van der Waals surface area contributed by atoms with E-state index < -0.39 is 29.7 Å². The van der Waals surface area contributed by atoms with Crippen LogP contribution in [-0.4, -0.2) is 42.4 Å². The molecular weight excluding hydrogens is 374 g/mol. The average molecular weight is 398 g/mol. The molecule has 2 aliphatic heterocycles. The van der Waals surface area contributed by atoms with Crippen LogP contribution < -0.4 is 10.8 Å². The van der Waals surface area contributed by atoms with Crippen LogP contribution in [0, 0.1) is 5.95 Å². The average Bonchev–Trinajstić information content (AvgIpc) is 2.84.